The average Bonchev–Trinajstić information content (AvgIpc) is 2.56. The summed E-state index contributed by atoms with van der Waals surface area (Å²) in [6.07, 6.45) is 0.803. The molecule has 0 aliphatic carbocycles. The molecule has 1 atom stereocenters. The van der Waals surface area contributed by atoms with Crippen LogP contribution in [0.4, 0.5) is 0 Å². The van der Waals surface area contributed by atoms with Gasteiger partial charge in [-0.15, -0.1) is 0 Å². The molecule has 0 unspecified atom stereocenters. The number of amides is 2. The van der Waals surface area contributed by atoms with Gasteiger partial charge in [0.05, 0.1) is 0 Å². The Hall–Kier alpha value is -2.28. The highest BCUT2D eigenvalue weighted by Gasteiger charge is 2.16. The van der Waals surface area contributed by atoms with Crippen LogP contribution in [0.25, 0.3) is 0 Å². The first kappa shape index (κ1) is 20.8. The molecule has 7 nitrogen and oxygen atoms in total. The lowest BCUT2D eigenvalue weighted by atomic mass is 10.2. The van der Waals surface area contributed by atoms with E-state index >= 15 is 0 Å². The lowest BCUT2D eigenvalue weighted by molar-refractivity contribution is -0.150. The molecule has 0 radical (unpaired) electrons. The summed E-state index contributed by atoms with van der Waals surface area (Å²) in [4.78, 5) is 34.9. The van der Waals surface area contributed by atoms with Gasteiger partial charge < -0.3 is 20.1 Å². The van der Waals surface area contributed by atoms with Gasteiger partial charge in [-0.25, -0.2) is 4.79 Å². The van der Waals surface area contributed by atoms with Gasteiger partial charge in [0.2, 0.25) is 5.91 Å². The van der Waals surface area contributed by atoms with Crippen LogP contribution in [-0.2, 0) is 19.1 Å². The van der Waals surface area contributed by atoms with Gasteiger partial charge in [0.15, 0.2) is 13.2 Å². The first-order valence-corrected chi connectivity index (χ1v) is 8.33. The smallest absolute Gasteiger partial charge is 0.344 e. The normalized spacial score (nSPS) is 11.4. The summed E-state index contributed by atoms with van der Waals surface area (Å²) in [5.41, 5.74) is 0.782. The van der Waals surface area contributed by atoms with Gasteiger partial charge in [0.1, 0.15) is 11.8 Å². The summed E-state index contributed by atoms with van der Waals surface area (Å²) in [7, 11) is 0. The number of carbonyl (C=O) groups excluding carboxylic acids is 3. The predicted molar refractivity (Wildman–Crippen MR) is 93.5 cm³/mol. The zero-order chi connectivity index (χ0) is 18.8. The zero-order valence-electron chi connectivity index (χ0n) is 14.6. The maximum absolute atomic E-state index is 11.7. The van der Waals surface area contributed by atoms with E-state index in [4.69, 9.17) is 21.1 Å². The molecule has 0 aliphatic rings. The van der Waals surface area contributed by atoms with Gasteiger partial charge in [0, 0.05) is 11.6 Å². The fourth-order valence-corrected chi connectivity index (χ4v) is 2.08. The van der Waals surface area contributed by atoms with Crippen molar-refractivity contribution in [3.05, 3.63) is 28.8 Å². The van der Waals surface area contributed by atoms with E-state index in [9.17, 15) is 14.4 Å². The third kappa shape index (κ3) is 7.89. The van der Waals surface area contributed by atoms with Crippen molar-refractivity contribution in [2.75, 3.05) is 19.8 Å². The number of ether oxygens (including phenoxy) is 2. The van der Waals surface area contributed by atoms with E-state index in [0.717, 1.165) is 12.0 Å². The lowest BCUT2D eigenvalue weighted by Gasteiger charge is -2.14. The van der Waals surface area contributed by atoms with Gasteiger partial charge >= 0.3 is 5.97 Å². The zero-order valence-corrected chi connectivity index (χ0v) is 15.3. The van der Waals surface area contributed by atoms with Crippen molar-refractivity contribution in [1.29, 1.82) is 0 Å². The number of esters is 1. The number of hydrogen-bond donors (Lipinski definition) is 2. The van der Waals surface area contributed by atoms with Crippen LogP contribution in [0.1, 0.15) is 25.8 Å². The van der Waals surface area contributed by atoms with Gasteiger partial charge in [-0.05, 0) is 44.0 Å². The van der Waals surface area contributed by atoms with Crippen molar-refractivity contribution in [2.45, 2.75) is 33.2 Å². The minimum Gasteiger partial charge on any atom is -0.482 e. The molecule has 8 heteroatoms. The fourth-order valence-electron chi connectivity index (χ4n) is 1.85. The monoisotopic (exact) mass is 370 g/mol. The van der Waals surface area contributed by atoms with Gasteiger partial charge in [-0.1, -0.05) is 18.5 Å². The Morgan fingerprint density at radius 3 is 2.60 bits per heavy atom. The number of aryl methyl sites for hydroxylation is 1. The van der Waals surface area contributed by atoms with Crippen LogP contribution in [0.5, 0.6) is 5.75 Å². The average molecular weight is 371 g/mol. The molecule has 1 aromatic rings. The molecule has 0 aliphatic heterocycles. The predicted octanol–water partition coefficient (Wildman–Crippen LogP) is 1.60. The molecule has 0 bridgehead atoms. The molecule has 0 saturated carbocycles. The van der Waals surface area contributed by atoms with Crippen LogP contribution in [0.15, 0.2) is 18.2 Å². The second kappa shape index (κ2) is 10.6. The van der Waals surface area contributed by atoms with Crippen LogP contribution < -0.4 is 15.4 Å². The van der Waals surface area contributed by atoms with E-state index in [1.165, 1.54) is 0 Å². The van der Waals surface area contributed by atoms with E-state index < -0.39 is 24.5 Å². The molecule has 1 rings (SSSR count). The first-order valence-electron chi connectivity index (χ1n) is 7.95. The quantitative estimate of drug-likeness (QED) is 0.644. The molecule has 2 N–H and O–H groups in total. The van der Waals surface area contributed by atoms with Crippen LogP contribution in [0.2, 0.25) is 5.02 Å². The van der Waals surface area contributed by atoms with Crippen molar-refractivity contribution >= 4 is 29.4 Å². The molecule has 0 heterocycles. The molecular formula is C17H23ClN2O5. The number of benzene rings is 1. The highest BCUT2D eigenvalue weighted by Crippen LogP contribution is 2.21. The van der Waals surface area contributed by atoms with Crippen LogP contribution in [0.3, 0.4) is 0 Å². The molecule has 2 amide bonds. The van der Waals surface area contributed by atoms with Gasteiger partial charge in [0.25, 0.3) is 5.91 Å². The van der Waals surface area contributed by atoms with Crippen LogP contribution in [0, 0.1) is 6.92 Å². The second-order valence-electron chi connectivity index (χ2n) is 5.44. The molecule has 0 aromatic heterocycles. The first-order chi connectivity index (χ1) is 11.8. The van der Waals surface area contributed by atoms with Crippen LogP contribution >= 0.6 is 11.6 Å². The van der Waals surface area contributed by atoms with E-state index in [0.29, 0.717) is 17.3 Å². The Morgan fingerprint density at radius 2 is 1.96 bits per heavy atom. The van der Waals surface area contributed by atoms with Crippen molar-refractivity contribution in [3.8, 4) is 5.75 Å². The van der Waals surface area contributed by atoms with Gasteiger partial charge in [-0.2, -0.15) is 0 Å². The summed E-state index contributed by atoms with van der Waals surface area (Å²) in [6.45, 7) is 5.00. The van der Waals surface area contributed by atoms with Crippen LogP contribution in [-0.4, -0.2) is 43.6 Å². The number of halogens is 1. The minimum atomic E-state index is -0.703. The maximum Gasteiger partial charge on any atom is 0.344 e. The molecule has 0 spiro atoms. The van der Waals surface area contributed by atoms with Crippen molar-refractivity contribution < 1.29 is 23.9 Å². The molecular weight excluding hydrogens is 348 g/mol. The largest absolute Gasteiger partial charge is 0.482 e. The van der Waals surface area contributed by atoms with Crippen molar-refractivity contribution in [1.82, 2.24) is 10.6 Å². The minimum absolute atomic E-state index is 0.289. The third-order valence-electron chi connectivity index (χ3n) is 3.17. The summed E-state index contributed by atoms with van der Waals surface area (Å²) in [6, 6.07) is 4.30. The highest BCUT2D eigenvalue weighted by molar-refractivity contribution is 6.30. The van der Waals surface area contributed by atoms with E-state index in [1.54, 1.807) is 32.0 Å². The Bertz CT molecular complexity index is 621. The highest BCUT2D eigenvalue weighted by atomic mass is 35.5. The van der Waals surface area contributed by atoms with Crippen molar-refractivity contribution in [2.24, 2.45) is 0 Å². The summed E-state index contributed by atoms with van der Waals surface area (Å²) in [5, 5.41) is 5.68. The molecule has 1 aromatic carbocycles. The molecule has 0 fully saturated rings. The third-order valence-corrected chi connectivity index (χ3v) is 3.40. The number of rotatable bonds is 9. The fraction of sp³-hybridized carbons (Fsp3) is 0.471. The second-order valence-corrected chi connectivity index (χ2v) is 5.88. The standard InChI is InChI=1S/C17H23ClN2O5/c1-4-7-19-17(23)12(3)20-15(21)9-25-16(22)10-24-14-6-5-13(18)8-11(14)2/h5-6,8,12H,4,7,9-10H2,1-3H3,(H,19,23)(H,20,21)/t12-/m0/s1. The Kier molecular flexibility index (Phi) is 8.77. The SMILES string of the molecule is CCCNC(=O)[C@H](C)NC(=O)COC(=O)COc1ccc(Cl)cc1C. The number of carbonyl (C=O) groups is 3. The number of nitrogens with one attached hydrogen (secondary N) is 2. The summed E-state index contributed by atoms with van der Waals surface area (Å²) in [5.74, 6) is -1.03. The topological polar surface area (TPSA) is 93.7 Å². The van der Waals surface area contributed by atoms with Crippen molar-refractivity contribution in [3.63, 3.8) is 0 Å². The Balaban J connectivity index is 2.31. The summed E-state index contributed by atoms with van der Waals surface area (Å²) >= 11 is 5.84. The van der Waals surface area contributed by atoms with Gasteiger partial charge in [-0.3, -0.25) is 9.59 Å². The Labute approximate surface area is 152 Å². The Morgan fingerprint density at radius 1 is 1.24 bits per heavy atom. The maximum atomic E-state index is 11.7. The summed E-state index contributed by atoms with van der Waals surface area (Å²) < 4.78 is 10.1. The number of hydrogen-bond acceptors (Lipinski definition) is 5. The van der Waals surface area contributed by atoms with E-state index in [-0.39, 0.29) is 12.5 Å². The van der Waals surface area contributed by atoms with E-state index in [2.05, 4.69) is 10.6 Å². The molecule has 25 heavy (non-hydrogen) atoms. The molecule has 0 saturated heterocycles. The lowest BCUT2D eigenvalue weighted by Crippen LogP contribution is -2.46. The van der Waals surface area contributed by atoms with E-state index in [1.807, 2.05) is 6.92 Å². The molecule has 138 valence electrons.